The second-order valence-electron chi connectivity index (χ2n) is 5.51. The predicted octanol–water partition coefficient (Wildman–Crippen LogP) is 2.09. The number of aromatic carboxylic acids is 1. The lowest BCUT2D eigenvalue weighted by Crippen LogP contribution is -2.38. The van der Waals surface area contributed by atoms with Crippen LogP contribution in [0.5, 0.6) is 5.75 Å². The molecule has 3 rings (SSSR count). The third-order valence-corrected chi connectivity index (χ3v) is 3.89. The molecule has 24 heavy (non-hydrogen) atoms. The van der Waals surface area contributed by atoms with Gasteiger partial charge in [-0.2, -0.15) is 5.26 Å². The van der Waals surface area contributed by atoms with Crippen molar-refractivity contribution in [2.75, 3.05) is 18.0 Å². The summed E-state index contributed by atoms with van der Waals surface area (Å²) >= 11 is 0. The molecule has 0 atom stereocenters. The van der Waals surface area contributed by atoms with Crippen molar-refractivity contribution in [3.63, 3.8) is 0 Å². The summed E-state index contributed by atoms with van der Waals surface area (Å²) in [5, 5.41) is 17.8. The topological polar surface area (TPSA) is 99.3 Å². The first-order valence-electron chi connectivity index (χ1n) is 7.63. The Kier molecular flexibility index (Phi) is 4.57. The summed E-state index contributed by atoms with van der Waals surface area (Å²) in [6, 6.07) is 9.24. The van der Waals surface area contributed by atoms with Crippen molar-refractivity contribution in [2.24, 2.45) is 0 Å². The van der Waals surface area contributed by atoms with Gasteiger partial charge in [0, 0.05) is 25.9 Å². The molecule has 0 unspecified atom stereocenters. The van der Waals surface area contributed by atoms with Crippen LogP contribution in [-0.2, 0) is 0 Å². The second-order valence-corrected chi connectivity index (χ2v) is 5.51. The van der Waals surface area contributed by atoms with Gasteiger partial charge in [-0.25, -0.2) is 14.8 Å². The number of nitriles is 1. The van der Waals surface area contributed by atoms with E-state index in [2.05, 4.69) is 20.9 Å². The zero-order valence-electron chi connectivity index (χ0n) is 12.9. The standard InChI is InChI=1S/C17H16N4O3/c18-9-12-2-1-3-14(8-12)24-13-4-6-21(7-5-13)16-11-19-15(10-20-16)17(22)23/h1-3,8,10-11,13H,4-7H2,(H,22,23). The van der Waals surface area contributed by atoms with E-state index in [0.29, 0.717) is 17.1 Å². The minimum Gasteiger partial charge on any atom is -0.490 e. The third kappa shape index (κ3) is 3.60. The molecule has 1 fully saturated rings. The van der Waals surface area contributed by atoms with Crippen LogP contribution in [0.25, 0.3) is 0 Å². The Morgan fingerprint density at radius 2 is 2.08 bits per heavy atom. The Morgan fingerprint density at radius 1 is 1.29 bits per heavy atom. The zero-order valence-corrected chi connectivity index (χ0v) is 12.9. The Bertz CT molecular complexity index is 762. The predicted molar refractivity (Wildman–Crippen MR) is 86.0 cm³/mol. The van der Waals surface area contributed by atoms with Crippen LogP contribution in [0.1, 0.15) is 28.9 Å². The highest BCUT2D eigenvalue weighted by atomic mass is 16.5. The highest BCUT2D eigenvalue weighted by Crippen LogP contribution is 2.22. The molecule has 7 heteroatoms. The second kappa shape index (κ2) is 6.96. The molecule has 0 spiro atoms. The fraction of sp³-hybridized carbons (Fsp3) is 0.294. The number of carboxylic acid groups (broad SMARTS) is 1. The highest BCUT2D eigenvalue weighted by molar-refractivity contribution is 5.84. The van der Waals surface area contributed by atoms with Gasteiger partial charge in [-0.15, -0.1) is 0 Å². The average Bonchev–Trinajstić information content (AvgIpc) is 2.62. The van der Waals surface area contributed by atoms with E-state index in [0.717, 1.165) is 25.9 Å². The van der Waals surface area contributed by atoms with E-state index < -0.39 is 5.97 Å². The van der Waals surface area contributed by atoms with Gasteiger partial charge >= 0.3 is 5.97 Å². The number of piperidine rings is 1. The summed E-state index contributed by atoms with van der Waals surface area (Å²) in [6.45, 7) is 1.51. The van der Waals surface area contributed by atoms with E-state index in [-0.39, 0.29) is 11.8 Å². The van der Waals surface area contributed by atoms with Gasteiger partial charge < -0.3 is 14.7 Å². The molecule has 1 aromatic carbocycles. The molecule has 1 aliphatic heterocycles. The molecule has 1 aliphatic rings. The van der Waals surface area contributed by atoms with Crippen LogP contribution in [0.3, 0.4) is 0 Å². The Labute approximate surface area is 139 Å². The number of carbonyl (C=O) groups is 1. The maximum atomic E-state index is 10.8. The fourth-order valence-corrected chi connectivity index (χ4v) is 2.63. The number of carboxylic acids is 1. The molecule has 0 amide bonds. The van der Waals surface area contributed by atoms with Gasteiger partial charge in [0.2, 0.25) is 0 Å². The number of ether oxygens (including phenoxy) is 1. The Balaban J connectivity index is 1.57. The molecule has 0 saturated carbocycles. The molecule has 1 saturated heterocycles. The van der Waals surface area contributed by atoms with Gasteiger partial charge in [0.15, 0.2) is 5.69 Å². The van der Waals surface area contributed by atoms with Crippen molar-refractivity contribution >= 4 is 11.8 Å². The zero-order chi connectivity index (χ0) is 16.9. The first-order chi connectivity index (χ1) is 11.7. The van der Waals surface area contributed by atoms with Gasteiger partial charge in [-0.3, -0.25) is 0 Å². The summed E-state index contributed by atoms with van der Waals surface area (Å²) in [4.78, 5) is 20.9. The smallest absolute Gasteiger partial charge is 0.356 e. The first-order valence-corrected chi connectivity index (χ1v) is 7.63. The van der Waals surface area contributed by atoms with Gasteiger partial charge in [0.1, 0.15) is 17.7 Å². The van der Waals surface area contributed by atoms with Crippen molar-refractivity contribution in [2.45, 2.75) is 18.9 Å². The molecule has 1 N–H and O–H groups in total. The van der Waals surface area contributed by atoms with Crippen LogP contribution in [0.15, 0.2) is 36.7 Å². The Morgan fingerprint density at radius 3 is 2.71 bits per heavy atom. The van der Waals surface area contributed by atoms with E-state index in [4.69, 9.17) is 15.1 Å². The molecule has 122 valence electrons. The van der Waals surface area contributed by atoms with E-state index in [1.807, 2.05) is 12.1 Å². The van der Waals surface area contributed by atoms with Crippen molar-refractivity contribution in [3.05, 3.63) is 47.9 Å². The third-order valence-electron chi connectivity index (χ3n) is 3.89. The number of hydrogen-bond donors (Lipinski definition) is 1. The normalized spacial score (nSPS) is 14.9. The summed E-state index contributed by atoms with van der Waals surface area (Å²) < 4.78 is 5.94. The molecule has 1 aromatic heterocycles. The number of aromatic nitrogens is 2. The van der Waals surface area contributed by atoms with Crippen LogP contribution in [0.4, 0.5) is 5.82 Å². The summed E-state index contributed by atoms with van der Waals surface area (Å²) in [6.07, 6.45) is 4.48. The van der Waals surface area contributed by atoms with Crippen molar-refractivity contribution < 1.29 is 14.6 Å². The minimum atomic E-state index is -1.08. The van der Waals surface area contributed by atoms with Crippen molar-refractivity contribution in [1.29, 1.82) is 5.26 Å². The molecule has 0 radical (unpaired) electrons. The molecule has 0 aliphatic carbocycles. The van der Waals surface area contributed by atoms with E-state index in [1.54, 1.807) is 12.1 Å². The number of hydrogen-bond acceptors (Lipinski definition) is 6. The van der Waals surface area contributed by atoms with Crippen LogP contribution in [0.2, 0.25) is 0 Å². The molecule has 2 aromatic rings. The number of benzene rings is 1. The quantitative estimate of drug-likeness (QED) is 0.919. The summed E-state index contributed by atoms with van der Waals surface area (Å²) in [5.41, 5.74) is 0.521. The average molecular weight is 324 g/mol. The van der Waals surface area contributed by atoms with Gasteiger partial charge in [-0.05, 0) is 18.2 Å². The number of nitrogens with zero attached hydrogens (tertiary/aromatic N) is 4. The van der Waals surface area contributed by atoms with Crippen molar-refractivity contribution in [1.82, 2.24) is 9.97 Å². The lowest BCUT2D eigenvalue weighted by atomic mass is 10.1. The number of rotatable bonds is 4. The maximum absolute atomic E-state index is 10.8. The minimum absolute atomic E-state index is 0.0608. The monoisotopic (exact) mass is 324 g/mol. The lowest BCUT2D eigenvalue weighted by molar-refractivity contribution is 0.0690. The molecule has 0 bridgehead atoms. The fourth-order valence-electron chi connectivity index (χ4n) is 2.63. The molecule has 7 nitrogen and oxygen atoms in total. The first kappa shape index (κ1) is 15.7. The number of anilines is 1. The van der Waals surface area contributed by atoms with Crippen LogP contribution >= 0.6 is 0 Å². The molecular formula is C17H16N4O3. The van der Waals surface area contributed by atoms with E-state index >= 15 is 0 Å². The highest BCUT2D eigenvalue weighted by Gasteiger charge is 2.22. The van der Waals surface area contributed by atoms with Gasteiger partial charge in [-0.1, -0.05) is 6.07 Å². The maximum Gasteiger partial charge on any atom is 0.356 e. The summed E-state index contributed by atoms with van der Waals surface area (Å²) in [5.74, 6) is 0.295. The van der Waals surface area contributed by atoms with Crippen molar-refractivity contribution in [3.8, 4) is 11.8 Å². The SMILES string of the molecule is N#Cc1cccc(OC2CCN(c3cnc(C(=O)O)cn3)CC2)c1. The Hall–Kier alpha value is -3.14. The van der Waals surface area contributed by atoms with Crippen LogP contribution in [0, 0.1) is 11.3 Å². The van der Waals surface area contributed by atoms with E-state index in [1.165, 1.54) is 12.4 Å². The van der Waals surface area contributed by atoms with Crippen LogP contribution < -0.4 is 9.64 Å². The molecule has 2 heterocycles. The lowest BCUT2D eigenvalue weighted by Gasteiger charge is -2.32. The largest absolute Gasteiger partial charge is 0.490 e. The van der Waals surface area contributed by atoms with Gasteiger partial charge in [0.25, 0.3) is 0 Å². The van der Waals surface area contributed by atoms with Gasteiger partial charge in [0.05, 0.1) is 24.0 Å². The van der Waals surface area contributed by atoms with Crippen LogP contribution in [-0.4, -0.2) is 40.2 Å². The van der Waals surface area contributed by atoms with E-state index in [9.17, 15) is 4.79 Å². The summed E-state index contributed by atoms with van der Waals surface area (Å²) in [7, 11) is 0. The molecular weight excluding hydrogens is 308 g/mol.